The number of hydrogen-bond acceptors (Lipinski definition) is 5. The minimum Gasteiger partial charge on any atom is -0.383 e. The van der Waals surface area contributed by atoms with Crippen LogP contribution in [0.5, 0.6) is 0 Å². The molecule has 3 rings (SSSR count). The number of benzene rings is 2. The minimum atomic E-state index is -3.72. The Balaban J connectivity index is 1.68. The number of carbonyl (C=O) groups is 1. The summed E-state index contributed by atoms with van der Waals surface area (Å²) in [4.78, 5) is 13.2. The lowest BCUT2D eigenvalue weighted by Gasteiger charge is -2.11. The average molecular weight is 445 g/mol. The molecule has 158 valence electrons. The average Bonchev–Trinajstić information content (AvgIpc) is 3.21. The molecule has 2 aromatic carbocycles. The first kappa shape index (κ1) is 22.2. The molecule has 30 heavy (non-hydrogen) atoms. The van der Waals surface area contributed by atoms with Gasteiger partial charge in [0.2, 0.25) is 15.9 Å². The number of thiophene rings is 1. The van der Waals surface area contributed by atoms with Crippen molar-refractivity contribution in [2.75, 3.05) is 5.32 Å². The van der Waals surface area contributed by atoms with E-state index in [1.807, 2.05) is 42.5 Å². The van der Waals surface area contributed by atoms with E-state index in [2.05, 4.69) is 10.0 Å². The van der Waals surface area contributed by atoms with Crippen LogP contribution < -0.4 is 10.0 Å². The first-order valence-corrected chi connectivity index (χ1v) is 11.8. The molecule has 0 aliphatic carbocycles. The fourth-order valence-corrected chi connectivity index (χ4v) is 5.25. The Hall–Kier alpha value is -2.52. The number of sulfonamides is 1. The summed E-state index contributed by atoms with van der Waals surface area (Å²) in [7, 11) is -3.72. The molecule has 1 aromatic heterocycles. The van der Waals surface area contributed by atoms with Crippen molar-refractivity contribution in [2.45, 2.75) is 37.8 Å². The van der Waals surface area contributed by atoms with E-state index in [0.29, 0.717) is 17.7 Å². The molecule has 1 atom stereocenters. The quantitative estimate of drug-likeness (QED) is 0.490. The molecule has 1 amide bonds. The number of anilines is 1. The van der Waals surface area contributed by atoms with Crippen molar-refractivity contribution in [3.8, 4) is 0 Å². The predicted octanol–water partition coefficient (Wildman–Crippen LogP) is 3.97. The van der Waals surface area contributed by atoms with Gasteiger partial charge >= 0.3 is 0 Å². The molecule has 0 radical (unpaired) electrons. The Kier molecular flexibility index (Phi) is 7.04. The Morgan fingerprint density at radius 3 is 2.50 bits per heavy atom. The molecule has 0 saturated carbocycles. The second-order valence-electron chi connectivity index (χ2n) is 6.82. The molecule has 0 aliphatic rings. The second kappa shape index (κ2) is 9.53. The van der Waals surface area contributed by atoms with Crippen molar-refractivity contribution in [3.05, 3.63) is 81.5 Å². The van der Waals surface area contributed by atoms with E-state index in [1.165, 1.54) is 17.4 Å². The lowest BCUT2D eigenvalue weighted by Crippen LogP contribution is -2.23. The summed E-state index contributed by atoms with van der Waals surface area (Å²) in [5, 5.41) is 13.2. The first-order chi connectivity index (χ1) is 14.3. The standard InChI is InChI=1S/C22H24N2O4S2/c1-3-21(25)24-17-9-12-20(15(2)13-17)30(27,28)23-14-18-10-11-19(29-18)22(26)16-7-5-4-6-8-16/h4-13,22-23,26H,3,14H2,1-2H3,(H,24,25). The number of carbonyl (C=O) groups excluding carboxylic acids is 1. The summed E-state index contributed by atoms with van der Waals surface area (Å²) >= 11 is 1.36. The number of aryl methyl sites for hydroxylation is 1. The maximum atomic E-state index is 12.7. The highest BCUT2D eigenvalue weighted by atomic mass is 32.2. The third kappa shape index (κ3) is 5.34. The highest BCUT2D eigenvalue weighted by molar-refractivity contribution is 7.89. The molecule has 1 unspecified atom stereocenters. The monoisotopic (exact) mass is 444 g/mol. The molecule has 1 heterocycles. The van der Waals surface area contributed by atoms with Crippen LogP contribution in [0, 0.1) is 6.92 Å². The molecule has 8 heteroatoms. The lowest BCUT2D eigenvalue weighted by atomic mass is 10.1. The highest BCUT2D eigenvalue weighted by Crippen LogP contribution is 2.28. The van der Waals surface area contributed by atoms with Gasteiger partial charge < -0.3 is 10.4 Å². The fourth-order valence-electron chi connectivity index (χ4n) is 2.96. The van der Waals surface area contributed by atoms with Gasteiger partial charge in [0.05, 0.1) is 4.90 Å². The van der Waals surface area contributed by atoms with Crippen molar-refractivity contribution in [3.63, 3.8) is 0 Å². The minimum absolute atomic E-state index is 0.127. The van der Waals surface area contributed by atoms with Gasteiger partial charge in [-0.05, 0) is 48.4 Å². The molecule has 0 fully saturated rings. The molecule has 0 spiro atoms. The van der Waals surface area contributed by atoms with Crippen molar-refractivity contribution >= 4 is 33.0 Å². The van der Waals surface area contributed by atoms with E-state index in [1.54, 1.807) is 26.0 Å². The van der Waals surface area contributed by atoms with E-state index < -0.39 is 16.1 Å². The van der Waals surface area contributed by atoms with Crippen LogP contribution in [0.2, 0.25) is 0 Å². The van der Waals surface area contributed by atoms with Crippen molar-refractivity contribution < 1.29 is 18.3 Å². The summed E-state index contributed by atoms with van der Waals surface area (Å²) in [6.07, 6.45) is -0.391. The zero-order valence-corrected chi connectivity index (χ0v) is 18.4. The van der Waals surface area contributed by atoms with E-state index >= 15 is 0 Å². The predicted molar refractivity (Wildman–Crippen MR) is 119 cm³/mol. The van der Waals surface area contributed by atoms with E-state index in [9.17, 15) is 18.3 Å². The van der Waals surface area contributed by atoms with Crippen LogP contribution in [-0.4, -0.2) is 19.4 Å². The summed E-state index contributed by atoms with van der Waals surface area (Å²) in [5.74, 6) is -0.130. The van der Waals surface area contributed by atoms with Gasteiger partial charge in [0.1, 0.15) is 6.10 Å². The van der Waals surface area contributed by atoms with E-state index in [-0.39, 0.29) is 17.3 Å². The zero-order chi connectivity index (χ0) is 21.7. The summed E-state index contributed by atoms with van der Waals surface area (Å²) in [6, 6.07) is 17.6. The Morgan fingerprint density at radius 2 is 1.83 bits per heavy atom. The SMILES string of the molecule is CCC(=O)Nc1ccc(S(=O)(=O)NCc2ccc(C(O)c3ccccc3)s2)c(C)c1. The van der Waals surface area contributed by atoms with Gasteiger partial charge in [-0.1, -0.05) is 37.3 Å². The number of nitrogens with one attached hydrogen (secondary N) is 2. The zero-order valence-electron chi connectivity index (χ0n) is 16.8. The van der Waals surface area contributed by atoms with Crippen LogP contribution in [-0.2, 0) is 21.4 Å². The van der Waals surface area contributed by atoms with Crippen molar-refractivity contribution in [1.29, 1.82) is 0 Å². The van der Waals surface area contributed by atoms with Gasteiger partial charge in [-0.3, -0.25) is 4.79 Å². The number of amides is 1. The largest absolute Gasteiger partial charge is 0.383 e. The van der Waals surface area contributed by atoms with Crippen molar-refractivity contribution in [2.24, 2.45) is 0 Å². The lowest BCUT2D eigenvalue weighted by molar-refractivity contribution is -0.115. The van der Waals surface area contributed by atoms with Gasteiger partial charge in [-0.15, -0.1) is 11.3 Å². The molecule has 0 bridgehead atoms. The third-order valence-electron chi connectivity index (χ3n) is 4.57. The second-order valence-corrected chi connectivity index (χ2v) is 9.76. The molecule has 0 saturated heterocycles. The number of rotatable bonds is 8. The molecule has 3 N–H and O–H groups in total. The van der Waals surface area contributed by atoms with Crippen LogP contribution >= 0.6 is 11.3 Å². The van der Waals surface area contributed by atoms with E-state index in [0.717, 1.165) is 15.3 Å². The number of aliphatic hydroxyl groups excluding tert-OH is 1. The van der Waals surface area contributed by atoms with Crippen LogP contribution in [0.1, 0.15) is 40.3 Å². The molecule has 6 nitrogen and oxygen atoms in total. The maximum absolute atomic E-state index is 12.7. The van der Waals surface area contributed by atoms with Crippen LogP contribution in [0.4, 0.5) is 5.69 Å². The Bertz CT molecular complexity index is 1130. The maximum Gasteiger partial charge on any atom is 0.241 e. The Labute approximate surface area is 180 Å². The summed E-state index contributed by atoms with van der Waals surface area (Å²) in [5.41, 5.74) is 1.90. The van der Waals surface area contributed by atoms with Gasteiger partial charge in [0.25, 0.3) is 0 Å². The molecule has 3 aromatic rings. The Morgan fingerprint density at radius 1 is 1.10 bits per heavy atom. The van der Waals surface area contributed by atoms with Crippen LogP contribution in [0.25, 0.3) is 0 Å². The normalized spacial score (nSPS) is 12.5. The molecular weight excluding hydrogens is 420 g/mol. The third-order valence-corrected chi connectivity index (χ3v) is 7.27. The van der Waals surface area contributed by atoms with Gasteiger partial charge in [0, 0.05) is 28.4 Å². The smallest absolute Gasteiger partial charge is 0.241 e. The topological polar surface area (TPSA) is 95.5 Å². The van der Waals surface area contributed by atoms with E-state index in [4.69, 9.17) is 0 Å². The molecular formula is C22H24N2O4S2. The highest BCUT2D eigenvalue weighted by Gasteiger charge is 2.18. The van der Waals surface area contributed by atoms with Crippen LogP contribution in [0.15, 0.2) is 65.6 Å². The van der Waals surface area contributed by atoms with Gasteiger partial charge in [-0.25, -0.2) is 13.1 Å². The summed E-state index contributed by atoms with van der Waals surface area (Å²) in [6.45, 7) is 3.57. The molecule has 0 aliphatic heterocycles. The number of aliphatic hydroxyl groups is 1. The van der Waals surface area contributed by atoms with Gasteiger partial charge in [-0.2, -0.15) is 0 Å². The fraction of sp³-hybridized carbons (Fsp3) is 0.227. The van der Waals surface area contributed by atoms with Crippen LogP contribution in [0.3, 0.4) is 0 Å². The first-order valence-electron chi connectivity index (χ1n) is 9.52. The number of hydrogen-bond donors (Lipinski definition) is 3. The summed E-state index contributed by atoms with van der Waals surface area (Å²) < 4.78 is 28.1. The van der Waals surface area contributed by atoms with Crippen molar-refractivity contribution in [1.82, 2.24) is 4.72 Å². The van der Waals surface area contributed by atoms with Gasteiger partial charge in [0.15, 0.2) is 0 Å².